The van der Waals surface area contributed by atoms with E-state index in [1.54, 1.807) is 11.4 Å². The van der Waals surface area contributed by atoms with E-state index in [9.17, 15) is 9.18 Å². The minimum absolute atomic E-state index is 0.0589. The van der Waals surface area contributed by atoms with E-state index in [4.69, 9.17) is 22.7 Å². The Morgan fingerprint density at radius 3 is 2.80 bits per heavy atom. The SMILES string of the molecule is COc1csc(C(=O)Nc2ccc(F)c(C(N)=S)c2)c1. The Kier molecular flexibility index (Phi) is 4.31. The predicted molar refractivity (Wildman–Crippen MR) is 81.1 cm³/mol. The fraction of sp³-hybridized carbons (Fsp3) is 0.0769. The molecule has 0 atom stereocenters. The average molecular weight is 310 g/mol. The number of thiocarbonyl (C=S) groups is 1. The molecule has 2 rings (SSSR count). The van der Waals surface area contributed by atoms with Crippen molar-refractivity contribution in [1.29, 1.82) is 0 Å². The lowest BCUT2D eigenvalue weighted by molar-refractivity contribution is 0.103. The van der Waals surface area contributed by atoms with Gasteiger partial charge in [0.1, 0.15) is 16.6 Å². The number of rotatable bonds is 4. The molecular weight excluding hydrogens is 299 g/mol. The molecule has 0 unspecified atom stereocenters. The van der Waals surface area contributed by atoms with Gasteiger partial charge in [-0.05, 0) is 18.2 Å². The van der Waals surface area contributed by atoms with Gasteiger partial charge in [-0.15, -0.1) is 11.3 Å². The second-order valence-corrected chi connectivity index (χ2v) is 5.21. The standard InChI is InChI=1S/C13H11FN2O2S2/c1-18-8-5-11(20-6-8)13(17)16-7-2-3-10(14)9(4-7)12(15)19/h2-6H,1H3,(H2,15,19)(H,16,17). The molecule has 0 aliphatic carbocycles. The molecule has 0 saturated heterocycles. The van der Waals surface area contributed by atoms with Gasteiger partial charge in [-0.3, -0.25) is 4.79 Å². The second kappa shape index (κ2) is 5.98. The Morgan fingerprint density at radius 1 is 1.45 bits per heavy atom. The number of carbonyl (C=O) groups is 1. The first-order chi connectivity index (χ1) is 9.51. The van der Waals surface area contributed by atoms with Crippen molar-refractivity contribution < 1.29 is 13.9 Å². The van der Waals surface area contributed by atoms with Crippen molar-refractivity contribution in [3.05, 3.63) is 45.9 Å². The smallest absolute Gasteiger partial charge is 0.265 e. The van der Waals surface area contributed by atoms with Gasteiger partial charge >= 0.3 is 0 Å². The number of amides is 1. The lowest BCUT2D eigenvalue weighted by Crippen LogP contribution is -2.14. The van der Waals surface area contributed by atoms with Crippen LogP contribution in [0, 0.1) is 5.82 Å². The first-order valence-electron chi connectivity index (χ1n) is 5.54. The van der Waals surface area contributed by atoms with Crippen molar-refractivity contribution in [2.24, 2.45) is 5.73 Å². The molecule has 0 radical (unpaired) electrons. The maximum Gasteiger partial charge on any atom is 0.265 e. The lowest BCUT2D eigenvalue weighted by atomic mass is 10.2. The Labute approximate surface area is 124 Å². The summed E-state index contributed by atoms with van der Waals surface area (Å²) < 4.78 is 18.4. The van der Waals surface area contributed by atoms with Gasteiger partial charge in [0, 0.05) is 22.7 Å². The summed E-state index contributed by atoms with van der Waals surface area (Å²) >= 11 is 6.00. The number of ether oxygens (including phenoxy) is 1. The first-order valence-corrected chi connectivity index (χ1v) is 6.83. The van der Waals surface area contributed by atoms with Crippen molar-refractivity contribution in [1.82, 2.24) is 0 Å². The molecule has 1 amide bonds. The van der Waals surface area contributed by atoms with Crippen LogP contribution in [0.3, 0.4) is 0 Å². The van der Waals surface area contributed by atoms with Crippen LogP contribution in [0.1, 0.15) is 15.2 Å². The molecule has 7 heteroatoms. The summed E-state index contributed by atoms with van der Waals surface area (Å²) in [6.07, 6.45) is 0. The molecule has 0 spiro atoms. The highest BCUT2D eigenvalue weighted by Crippen LogP contribution is 2.22. The number of benzene rings is 1. The van der Waals surface area contributed by atoms with Crippen LogP contribution in [-0.4, -0.2) is 18.0 Å². The maximum atomic E-state index is 13.4. The van der Waals surface area contributed by atoms with E-state index in [2.05, 4.69) is 5.32 Å². The maximum absolute atomic E-state index is 13.4. The van der Waals surface area contributed by atoms with Gasteiger partial charge in [-0.25, -0.2) is 4.39 Å². The summed E-state index contributed by atoms with van der Waals surface area (Å²) in [7, 11) is 1.53. The van der Waals surface area contributed by atoms with Crippen LogP contribution in [0.25, 0.3) is 0 Å². The van der Waals surface area contributed by atoms with Crippen molar-refractivity contribution in [2.75, 3.05) is 12.4 Å². The van der Waals surface area contributed by atoms with Gasteiger partial charge in [-0.2, -0.15) is 0 Å². The number of nitrogens with one attached hydrogen (secondary N) is 1. The quantitative estimate of drug-likeness (QED) is 0.852. The van der Waals surface area contributed by atoms with Crippen molar-refractivity contribution in [2.45, 2.75) is 0 Å². The Hall–Kier alpha value is -1.99. The van der Waals surface area contributed by atoms with Crippen LogP contribution >= 0.6 is 23.6 Å². The summed E-state index contributed by atoms with van der Waals surface area (Å²) in [5, 5.41) is 4.37. The summed E-state index contributed by atoms with van der Waals surface area (Å²) in [5.74, 6) is -0.213. The molecule has 0 aliphatic heterocycles. The zero-order chi connectivity index (χ0) is 14.7. The number of methoxy groups -OCH3 is 1. The number of carbonyl (C=O) groups excluding carboxylic acids is 1. The molecule has 0 fully saturated rings. The van der Waals surface area contributed by atoms with E-state index in [1.807, 2.05) is 0 Å². The molecule has 0 bridgehead atoms. The number of thiophene rings is 1. The van der Waals surface area contributed by atoms with E-state index in [0.717, 1.165) is 0 Å². The normalized spacial score (nSPS) is 10.1. The molecule has 4 nitrogen and oxygen atoms in total. The highest BCUT2D eigenvalue weighted by molar-refractivity contribution is 7.80. The van der Waals surface area contributed by atoms with Crippen molar-refractivity contribution in [3.8, 4) is 5.75 Å². The highest BCUT2D eigenvalue weighted by atomic mass is 32.1. The van der Waals surface area contributed by atoms with E-state index < -0.39 is 5.82 Å². The number of anilines is 1. The lowest BCUT2D eigenvalue weighted by Gasteiger charge is -2.06. The van der Waals surface area contributed by atoms with Crippen molar-refractivity contribution in [3.63, 3.8) is 0 Å². The van der Waals surface area contributed by atoms with Crippen LogP contribution in [0.4, 0.5) is 10.1 Å². The zero-order valence-corrected chi connectivity index (χ0v) is 12.1. The number of halogens is 1. The minimum Gasteiger partial charge on any atom is -0.496 e. The van der Waals surface area contributed by atoms with Crippen LogP contribution in [0.5, 0.6) is 5.75 Å². The average Bonchev–Trinajstić information content (AvgIpc) is 2.89. The highest BCUT2D eigenvalue weighted by Gasteiger charge is 2.12. The van der Waals surface area contributed by atoms with Gasteiger partial charge in [0.05, 0.1) is 12.0 Å². The van der Waals surface area contributed by atoms with Crippen LogP contribution in [-0.2, 0) is 0 Å². The van der Waals surface area contributed by atoms with E-state index in [0.29, 0.717) is 16.3 Å². The largest absolute Gasteiger partial charge is 0.496 e. The molecule has 0 saturated carbocycles. The fourth-order valence-electron chi connectivity index (χ4n) is 1.53. The van der Waals surface area contributed by atoms with Gasteiger partial charge in [0.25, 0.3) is 5.91 Å². The molecule has 2 aromatic rings. The molecular formula is C13H11FN2O2S2. The monoisotopic (exact) mass is 310 g/mol. The first kappa shape index (κ1) is 14.4. The van der Waals surface area contributed by atoms with E-state index >= 15 is 0 Å². The van der Waals surface area contributed by atoms with Gasteiger partial charge in [0.15, 0.2) is 0 Å². The molecule has 20 heavy (non-hydrogen) atoms. The van der Waals surface area contributed by atoms with E-state index in [1.165, 1.54) is 36.6 Å². The molecule has 1 aromatic carbocycles. The third-order valence-electron chi connectivity index (χ3n) is 2.52. The molecule has 1 aromatic heterocycles. The zero-order valence-electron chi connectivity index (χ0n) is 10.5. The molecule has 3 N–H and O–H groups in total. The number of hydrogen-bond donors (Lipinski definition) is 2. The summed E-state index contributed by atoms with van der Waals surface area (Å²) in [4.78, 5) is 12.4. The Morgan fingerprint density at radius 2 is 2.20 bits per heavy atom. The fourth-order valence-corrected chi connectivity index (χ4v) is 2.44. The summed E-state index contributed by atoms with van der Waals surface area (Å²) in [6, 6.07) is 5.68. The summed E-state index contributed by atoms with van der Waals surface area (Å²) in [6.45, 7) is 0. The predicted octanol–water partition coefficient (Wildman–Crippen LogP) is 2.78. The third-order valence-corrected chi connectivity index (χ3v) is 3.65. The van der Waals surface area contributed by atoms with Gasteiger partial charge in [0.2, 0.25) is 0 Å². The molecule has 1 heterocycles. The van der Waals surface area contributed by atoms with Gasteiger partial charge < -0.3 is 15.8 Å². The Balaban J connectivity index is 2.19. The van der Waals surface area contributed by atoms with Crippen LogP contribution in [0.15, 0.2) is 29.6 Å². The topological polar surface area (TPSA) is 64.3 Å². The Bertz CT molecular complexity index is 670. The number of hydrogen-bond acceptors (Lipinski definition) is 4. The third kappa shape index (κ3) is 3.12. The van der Waals surface area contributed by atoms with Crippen molar-refractivity contribution >= 4 is 40.1 Å². The molecule has 104 valence electrons. The molecule has 0 aliphatic rings. The van der Waals surface area contributed by atoms with Crippen LogP contribution in [0.2, 0.25) is 0 Å². The minimum atomic E-state index is -0.520. The van der Waals surface area contributed by atoms with Crippen LogP contribution < -0.4 is 15.8 Å². The number of nitrogens with two attached hydrogens (primary N) is 1. The second-order valence-electron chi connectivity index (χ2n) is 3.86. The van der Waals surface area contributed by atoms with Gasteiger partial charge in [-0.1, -0.05) is 12.2 Å². The summed E-state index contributed by atoms with van der Waals surface area (Å²) in [5.41, 5.74) is 5.93. The van der Waals surface area contributed by atoms with E-state index in [-0.39, 0.29) is 16.5 Å².